The summed E-state index contributed by atoms with van der Waals surface area (Å²) in [5.74, 6) is -1.63. The molecule has 1 aromatic heterocycles. The van der Waals surface area contributed by atoms with Crippen molar-refractivity contribution in [2.45, 2.75) is 18.4 Å². The molecule has 1 fully saturated rings. The highest BCUT2D eigenvalue weighted by molar-refractivity contribution is 6.34. The number of benzene rings is 3. The predicted molar refractivity (Wildman–Crippen MR) is 164 cm³/mol. The molecule has 1 saturated heterocycles. The third-order valence-corrected chi connectivity index (χ3v) is 7.72. The fourth-order valence-electron chi connectivity index (χ4n) is 5.14. The molecular formula is C32H32ClF2N5O5. The number of urea groups is 1. The molecule has 0 aliphatic carbocycles. The Morgan fingerprint density at radius 1 is 0.978 bits per heavy atom. The summed E-state index contributed by atoms with van der Waals surface area (Å²) in [6.45, 7) is 1.99. The summed E-state index contributed by atoms with van der Waals surface area (Å²) in [5, 5.41) is 10.5. The van der Waals surface area contributed by atoms with Crippen molar-refractivity contribution in [2.24, 2.45) is 0 Å². The average Bonchev–Trinajstić information content (AvgIpc) is 3.58. The third-order valence-electron chi connectivity index (χ3n) is 7.33. The lowest BCUT2D eigenvalue weighted by Crippen LogP contribution is -2.42. The van der Waals surface area contributed by atoms with E-state index in [4.69, 9.17) is 25.8 Å². The van der Waals surface area contributed by atoms with E-state index >= 15 is 0 Å². The number of nitrogens with one attached hydrogen (secondary N) is 2. The number of amides is 2. The first kappa shape index (κ1) is 31.9. The molecule has 0 radical (unpaired) electrons. The number of likely N-dealkylation sites (tertiary alicyclic amines) is 1. The Hall–Kier alpha value is -4.52. The molecule has 1 aliphatic heterocycles. The van der Waals surface area contributed by atoms with E-state index in [1.54, 1.807) is 49.6 Å². The number of aromatic nitrogens is 2. The normalized spacial score (nSPS) is 16.4. The van der Waals surface area contributed by atoms with Gasteiger partial charge in [-0.3, -0.25) is 10.2 Å². The van der Waals surface area contributed by atoms with Gasteiger partial charge in [0.05, 0.1) is 24.0 Å². The van der Waals surface area contributed by atoms with Crippen molar-refractivity contribution < 1.29 is 32.6 Å². The molecule has 0 spiro atoms. The maximum Gasteiger partial charge on any atom is 0.513 e. The van der Waals surface area contributed by atoms with Crippen molar-refractivity contribution in [1.82, 2.24) is 20.0 Å². The molecule has 2 atom stereocenters. The van der Waals surface area contributed by atoms with Crippen molar-refractivity contribution in [3.8, 4) is 11.4 Å². The lowest BCUT2D eigenvalue weighted by Gasteiger charge is -2.21. The smallest absolute Gasteiger partial charge is 0.434 e. The summed E-state index contributed by atoms with van der Waals surface area (Å²) in [6.07, 6.45) is -0.724. The van der Waals surface area contributed by atoms with E-state index in [9.17, 15) is 18.4 Å². The van der Waals surface area contributed by atoms with E-state index in [1.807, 2.05) is 18.2 Å². The van der Waals surface area contributed by atoms with E-state index in [0.29, 0.717) is 48.9 Å². The van der Waals surface area contributed by atoms with Gasteiger partial charge in [-0.15, -0.1) is 0 Å². The Morgan fingerprint density at radius 2 is 1.71 bits per heavy atom. The largest absolute Gasteiger partial charge is 0.513 e. The molecule has 2 amide bonds. The molecule has 10 nitrogen and oxygen atoms in total. The van der Waals surface area contributed by atoms with Crippen LogP contribution in [0, 0.1) is 11.6 Å². The quantitative estimate of drug-likeness (QED) is 0.158. The number of carbonyl (C=O) groups excluding carboxylic acids is 2. The van der Waals surface area contributed by atoms with Crippen LogP contribution in [0.25, 0.3) is 5.69 Å². The fourth-order valence-corrected chi connectivity index (χ4v) is 5.40. The summed E-state index contributed by atoms with van der Waals surface area (Å²) in [6, 6.07) is 20.4. The second-order valence-corrected chi connectivity index (χ2v) is 10.7. The maximum atomic E-state index is 14.1. The number of hydrogen-bond acceptors (Lipinski definition) is 7. The first-order valence-electron chi connectivity index (χ1n) is 14.3. The topological polar surface area (TPSA) is 107 Å². The number of methoxy groups -OCH3 is 1. The lowest BCUT2D eigenvalue weighted by atomic mass is 9.94. The van der Waals surface area contributed by atoms with Gasteiger partial charge in [0.25, 0.3) is 0 Å². The molecule has 4 aromatic rings. The van der Waals surface area contributed by atoms with Gasteiger partial charge in [0.2, 0.25) is 0 Å². The van der Waals surface area contributed by atoms with E-state index in [0.717, 1.165) is 12.1 Å². The SMILES string of the molecule is COCCN1C[C@@H](NC(=O)Nc2c(Cl)c(CCOC(=O)Oc3ccccc3)nn2-c2ccccc2)[C@H](c2ccc(F)c(F)c2)C1. The first-order valence-corrected chi connectivity index (χ1v) is 14.7. The molecule has 1 aliphatic rings. The number of rotatable bonds is 11. The summed E-state index contributed by atoms with van der Waals surface area (Å²) >= 11 is 6.73. The van der Waals surface area contributed by atoms with Crippen LogP contribution in [0.15, 0.2) is 78.9 Å². The minimum atomic E-state index is -0.950. The predicted octanol–water partition coefficient (Wildman–Crippen LogP) is 5.80. The number of hydrogen-bond donors (Lipinski definition) is 2. The van der Waals surface area contributed by atoms with Gasteiger partial charge in [-0.25, -0.2) is 23.1 Å². The van der Waals surface area contributed by atoms with Crippen LogP contribution < -0.4 is 15.4 Å². The van der Waals surface area contributed by atoms with Gasteiger partial charge in [-0.2, -0.15) is 5.10 Å². The molecule has 5 rings (SSSR count). The Bertz CT molecular complexity index is 1610. The van der Waals surface area contributed by atoms with Gasteiger partial charge in [0, 0.05) is 39.1 Å². The molecule has 13 heteroatoms. The number of nitrogens with zero attached hydrogens (tertiary/aromatic N) is 3. The van der Waals surface area contributed by atoms with Crippen molar-refractivity contribution in [2.75, 3.05) is 45.3 Å². The van der Waals surface area contributed by atoms with Gasteiger partial charge in [-0.05, 0) is 42.0 Å². The van der Waals surface area contributed by atoms with Crippen molar-refractivity contribution in [3.63, 3.8) is 0 Å². The lowest BCUT2D eigenvalue weighted by molar-refractivity contribution is 0.0999. The standard InChI is InChI=1S/C32H32ClF2N5O5/c1-43-17-15-39-19-24(21-12-13-25(34)26(35)18-21)28(20-39)36-31(41)37-30-29(33)27(38-40(30)22-8-4-2-5-9-22)14-16-44-32(42)45-23-10-6-3-7-11-23/h2-13,18,24,28H,14-17,19-20H2,1H3,(H2,36,37,41)/t24-,28+/m0/s1. The van der Waals surface area contributed by atoms with Gasteiger partial charge >= 0.3 is 12.2 Å². The van der Waals surface area contributed by atoms with E-state index < -0.39 is 29.9 Å². The highest BCUT2D eigenvalue weighted by atomic mass is 35.5. The number of halogens is 3. The van der Waals surface area contributed by atoms with Crippen LogP contribution in [0.2, 0.25) is 5.02 Å². The van der Waals surface area contributed by atoms with Gasteiger partial charge in [0.15, 0.2) is 17.5 Å². The van der Waals surface area contributed by atoms with Crippen LogP contribution in [0.5, 0.6) is 5.75 Å². The second-order valence-electron chi connectivity index (χ2n) is 10.4. The maximum absolute atomic E-state index is 14.1. The Kier molecular flexibility index (Phi) is 10.6. The van der Waals surface area contributed by atoms with Crippen LogP contribution in [-0.4, -0.2) is 72.9 Å². The first-order chi connectivity index (χ1) is 21.8. The zero-order valence-corrected chi connectivity index (χ0v) is 25.2. The summed E-state index contributed by atoms with van der Waals surface area (Å²) < 4.78 is 44.8. The molecule has 3 aromatic carbocycles. The zero-order valence-electron chi connectivity index (χ0n) is 24.4. The minimum Gasteiger partial charge on any atom is -0.434 e. The Balaban J connectivity index is 1.30. The molecule has 2 heterocycles. The minimum absolute atomic E-state index is 0.0713. The number of anilines is 1. The summed E-state index contributed by atoms with van der Waals surface area (Å²) in [7, 11) is 1.60. The van der Waals surface area contributed by atoms with Gasteiger partial charge in [0.1, 0.15) is 17.4 Å². The summed E-state index contributed by atoms with van der Waals surface area (Å²) in [4.78, 5) is 27.6. The van der Waals surface area contributed by atoms with Crippen molar-refractivity contribution >= 4 is 29.6 Å². The molecule has 45 heavy (non-hydrogen) atoms. The Labute approximate surface area is 263 Å². The number of para-hydroxylation sites is 2. The number of carbonyl (C=O) groups is 2. The highest BCUT2D eigenvalue weighted by Crippen LogP contribution is 2.31. The Morgan fingerprint density at radius 3 is 2.42 bits per heavy atom. The zero-order chi connectivity index (χ0) is 31.8. The monoisotopic (exact) mass is 639 g/mol. The van der Waals surface area contributed by atoms with E-state index in [-0.39, 0.29) is 29.8 Å². The molecule has 2 N–H and O–H groups in total. The van der Waals surface area contributed by atoms with Crippen LogP contribution >= 0.6 is 11.6 Å². The van der Waals surface area contributed by atoms with Gasteiger partial charge < -0.3 is 19.5 Å². The van der Waals surface area contributed by atoms with Crippen LogP contribution in [-0.2, 0) is 15.9 Å². The highest BCUT2D eigenvalue weighted by Gasteiger charge is 2.35. The third kappa shape index (κ3) is 8.15. The summed E-state index contributed by atoms with van der Waals surface area (Å²) in [5.41, 5.74) is 1.59. The number of ether oxygens (including phenoxy) is 3. The second kappa shape index (κ2) is 15.0. The van der Waals surface area contributed by atoms with E-state index in [1.165, 1.54) is 10.7 Å². The van der Waals surface area contributed by atoms with Crippen LogP contribution in [0.1, 0.15) is 17.2 Å². The molecule has 0 saturated carbocycles. The molecule has 236 valence electrons. The van der Waals surface area contributed by atoms with Crippen LogP contribution in [0.4, 0.5) is 24.2 Å². The molecule has 0 unspecified atom stereocenters. The van der Waals surface area contributed by atoms with Gasteiger partial charge in [-0.1, -0.05) is 54.1 Å². The van der Waals surface area contributed by atoms with E-state index in [2.05, 4.69) is 20.6 Å². The molecular weight excluding hydrogens is 608 g/mol. The average molecular weight is 640 g/mol. The molecule has 0 bridgehead atoms. The van der Waals surface area contributed by atoms with Crippen LogP contribution in [0.3, 0.4) is 0 Å². The van der Waals surface area contributed by atoms with Crippen molar-refractivity contribution in [1.29, 1.82) is 0 Å². The van der Waals surface area contributed by atoms with Crippen molar-refractivity contribution in [3.05, 3.63) is 107 Å². The fraction of sp³-hybridized carbons (Fsp3) is 0.281.